The molecule has 0 unspecified atom stereocenters. The fourth-order valence-electron chi connectivity index (χ4n) is 1.56. The molecule has 0 spiro atoms. The van der Waals surface area contributed by atoms with Gasteiger partial charge in [0.25, 0.3) is 10.0 Å². The summed E-state index contributed by atoms with van der Waals surface area (Å²) < 4.78 is 29.2. The summed E-state index contributed by atoms with van der Waals surface area (Å²) in [7, 11) is -3.70. The van der Waals surface area contributed by atoms with Crippen molar-refractivity contribution >= 4 is 31.8 Å². The van der Waals surface area contributed by atoms with Crippen LogP contribution in [0, 0.1) is 6.92 Å². The minimum Gasteiger partial charge on any atom is -0.334 e. The number of aromatic nitrogens is 3. The average Bonchev–Trinajstić information content (AvgIpc) is 2.74. The Kier molecular flexibility index (Phi) is 3.91. The van der Waals surface area contributed by atoms with E-state index in [-0.39, 0.29) is 10.8 Å². The second kappa shape index (κ2) is 5.30. The molecule has 0 atom stereocenters. The van der Waals surface area contributed by atoms with Crippen molar-refractivity contribution in [1.82, 2.24) is 14.5 Å². The smallest absolute Gasteiger partial charge is 0.282 e. The van der Waals surface area contributed by atoms with Gasteiger partial charge >= 0.3 is 0 Å². The van der Waals surface area contributed by atoms with Crippen molar-refractivity contribution in [3.63, 3.8) is 0 Å². The van der Waals surface area contributed by atoms with E-state index in [0.29, 0.717) is 12.4 Å². The highest BCUT2D eigenvalue weighted by Crippen LogP contribution is 2.16. The lowest BCUT2D eigenvalue weighted by atomic mass is 10.5. The first-order valence-electron chi connectivity index (χ1n) is 5.60. The molecule has 0 fully saturated rings. The Morgan fingerprint density at radius 3 is 2.68 bits per heavy atom. The summed E-state index contributed by atoms with van der Waals surface area (Å²) in [5.74, 6) is 0.915. The Bertz CT molecular complexity index is 679. The number of halogens is 1. The number of nitrogens with one attached hydrogen (secondary N) is 1. The standard InChI is InChI=1S/C11H13BrN4O2S/c1-3-16-7-11(14-8(16)2)19(17,18)15-10-5-4-9(12)6-13-10/h4-7H,3H2,1-2H3,(H,13,15). The molecule has 0 radical (unpaired) electrons. The molecule has 0 bridgehead atoms. The van der Waals surface area contributed by atoms with Crippen molar-refractivity contribution < 1.29 is 8.42 Å². The number of anilines is 1. The first-order chi connectivity index (χ1) is 8.92. The van der Waals surface area contributed by atoms with E-state index < -0.39 is 10.0 Å². The molecule has 19 heavy (non-hydrogen) atoms. The van der Waals surface area contributed by atoms with Crippen LogP contribution in [0.1, 0.15) is 12.7 Å². The number of hydrogen-bond donors (Lipinski definition) is 1. The Labute approximate surface area is 120 Å². The van der Waals surface area contributed by atoms with Crippen LogP contribution in [0.25, 0.3) is 0 Å². The average molecular weight is 345 g/mol. The molecule has 2 heterocycles. The molecule has 2 aromatic rings. The molecular weight excluding hydrogens is 332 g/mol. The highest BCUT2D eigenvalue weighted by molar-refractivity contribution is 9.10. The predicted octanol–water partition coefficient (Wildman–Crippen LogP) is 2.17. The topological polar surface area (TPSA) is 76.9 Å². The van der Waals surface area contributed by atoms with Gasteiger partial charge in [-0.25, -0.2) is 9.97 Å². The maximum atomic E-state index is 12.1. The second-order valence-electron chi connectivity index (χ2n) is 3.88. The largest absolute Gasteiger partial charge is 0.334 e. The third-order valence-electron chi connectivity index (χ3n) is 2.54. The molecule has 0 aliphatic rings. The van der Waals surface area contributed by atoms with E-state index in [1.165, 1.54) is 12.4 Å². The normalized spacial score (nSPS) is 11.5. The monoisotopic (exact) mass is 344 g/mol. The quantitative estimate of drug-likeness (QED) is 0.921. The van der Waals surface area contributed by atoms with Crippen LogP contribution in [-0.4, -0.2) is 23.0 Å². The van der Waals surface area contributed by atoms with Crippen molar-refractivity contribution in [1.29, 1.82) is 0 Å². The Morgan fingerprint density at radius 2 is 2.16 bits per heavy atom. The highest BCUT2D eigenvalue weighted by atomic mass is 79.9. The van der Waals surface area contributed by atoms with Crippen LogP contribution in [-0.2, 0) is 16.6 Å². The van der Waals surface area contributed by atoms with Gasteiger partial charge in [0.1, 0.15) is 11.6 Å². The number of pyridine rings is 1. The molecule has 0 saturated heterocycles. The van der Waals surface area contributed by atoms with E-state index in [0.717, 1.165) is 4.47 Å². The van der Waals surface area contributed by atoms with E-state index in [4.69, 9.17) is 0 Å². The van der Waals surface area contributed by atoms with Gasteiger partial charge in [-0.05, 0) is 41.9 Å². The minimum atomic E-state index is -3.70. The number of rotatable bonds is 4. The maximum absolute atomic E-state index is 12.1. The first kappa shape index (κ1) is 14.0. The Hall–Kier alpha value is -1.41. The predicted molar refractivity (Wildman–Crippen MR) is 75.4 cm³/mol. The van der Waals surface area contributed by atoms with Gasteiger partial charge in [0, 0.05) is 23.4 Å². The van der Waals surface area contributed by atoms with Crippen molar-refractivity contribution in [2.24, 2.45) is 0 Å². The third kappa shape index (κ3) is 3.13. The van der Waals surface area contributed by atoms with Crippen LogP contribution in [0.5, 0.6) is 0 Å². The summed E-state index contributed by atoms with van der Waals surface area (Å²) in [6.45, 7) is 4.36. The molecule has 6 nitrogen and oxygen atoms in total. The zero-order valence-electron chi connectivity index (χ0n) is 10.5. The van der Waals surface area contributed by atoms with E-state index in [2.05, 4.69) is 30.6 Å². The van der Waals surface area contributed by atoms with Crippen LogP contribution in [0.4, 0.5) is 5.82 Å². The number of hydrogen-bond acceptors (Lipinski definition) is 4. The van der Waals surface area contributed by atoms with Crippen molar-refractivity contribution in [3.8, 4) is 0 Å². The van der Waals surface area contributed by atoms with Crippen molar-refractivity contribution in [3.05, 3.63) is 34.8 Å². The Balaban J connectivity index is 2.29. The summed E-state index contributed by atoms with van der Waals surface area (Å²) in [5, 5.41) is -0.00318. The maximum Gasteiger partial charge on any atom is 0.282 e. The molecule has 0 aliphatic carbocycles. The second-order valence-corrected chi connectivity index (χ2v) is 6.42. The lowest BCUT2D eigenvalue weighted by Crippen LogP contribution is -2.14. The zero-order valence-corrected chi connectivity index (χ0v) is 12.9. The molecule has 102 valence electrons. The van der Waals surface area contributed by atoms with Crippen LogP contribution in [0.3, 0.4) is 0 Å². The van der Waals surface area contributed by atoms with Gasteiger partial charge in [0.2, 0.25) is 0 Å². The molecule has 0 amide bonds. The van der Waals surface area contributed by atoms with Crippen LogP contribution in [0.2, 0.25) is 0 Å². The van der Waals surface area contributed by atoms with Gasteiger partial charge in [-0.3, -0.25) is 4.72 Å². The van der Waals surface area contributed by atoms with Gasteiger partial charge in [-0.2, -0.15) is 8.42 Å². The summed E-state index contributed by atoms with van der Waals surface area (Å²) in [6, 6.07) is 3.28. The fourth-order valence-corrected chi connectivity index (χ4v) is 2.81. The zero-order chi connectivity index (χ0) is 14.0. The van der Waals surface area contributed by atoms with Gasteiger partial charge in [0.15, 0.2) is 5.03 Å². The van der Waals surface area contributed by atoms with Crippen molar-refractivity contribution in [2.75, 3.05) is 4.72 Å². The van der Waals surface area contributed by atoms with Gasteiger partial charge < -0.3 is 4.57 Å². The molecule has 0 saturated carbocycles. The lowest BCUT2D eigenvalue weighted by molar-refractivity contribution is 0.597. The molecule has 1 N–H and O–H groups in total. The summed E-state index contributed by atoms with van der Waals surface area (Å²) in [5.41, 5.74) is 0. The fraction of sp³-hybridized carbons (Fsp3) is 0.273. The van der Waals surface area contributed by atoms with Crippen LogP contribution < -0.4 is 4.72 Å². The molecule has 2 aromatic heterocycles. The van der Waals surface area contributed by atoms with Gasteiger partial charge in [-0.1, -0.05) is 0 Å². The first-order valence-corrected chi connectivity index (χ1v) is 7.88. The van der Waals surface area contributed by atoms with E-state index in [1.54, 1.807) is 23.6 Å². The lowest BCUT2D eigenvalue weighted by Gasteiger charge is -2.04. The third-order valence-corrected chi connectivity index (χ3v) is 4.23. The minimum absolute atomic E-state index is 0.00318. The molecule has 0 aliphatic heterocycles. The van der Waals surface area contributed by atoms with E-state index >= 15 is 0 Å². The number of imidazole rings is 1. The number of aryl methyl sites for hydroxylation is 2. The molecule has 0 aromatic carbocycles. The molecule has 8 heteroatoms. The SMILES string of the molecule is CCn1cc(S(=O)(=O)Nc2ccc(Br)cn2)nc1C. The van der Waals surface area contributed by atoms with Crippen molar-refractivity contribution in [2.45, 2.75) is 25.4 Å². The summed E-state index contributed by atoms with van der Waals surface area (Å²) in [6.07, 6.45) is 3.03. The van der Waals surface area contributed by atoms with Gasteiger partial charge in [0.05, 0.1) is 0 Å². The van der Waals surface area contributed by atoms with Gasteiger partial charge in [-0.15, -0.1) is 0 Å². The number of sulfonamides is 1. The van der Waals surface area contributed by atoms with E-state index in [9.17, 15) is 8.42 Å². The number of nitrogens with zero attached hydrogens (tertiary/aromatic N) is 3. The summed E-state index contributed by atoms with van der Waals surface area (Å²) in [4.78, 5) is 8.01. The molecular formula is C11H13BrN4O2S. The highest BCUT2D eigenvalue weighted by Gasteiger charge is 2.19. The van der Waals surface area contributed by atoms with E-state index in [1.807, 2.05) is 6.92 Å². The summed E-state index contributed by atoms with van der Waals surface area (Å²) >= 11 is 3.24. The van der Waals surface area contributed by atoms with Crippen LogP contribution in [0.15, 0.2) is 34.0 Å². The molecule has 2 rings (SSSR count). The Morgan fingerprint density at radius 1 is 1.42 bits per heavy atom. The van der Waals surface area contributed by atoms with Crippen LogP contribution >= 0.6 is 15.9 Å².